The second-order valence-corrected chi connectivity index (χ2v) is 7.67. The zero-order valence-electron chi connectivity index (χ0n) is 14.6. The Balaban J connectivity index is 1.73. The molecule has 29 heavy (non-hydrogen) atoms. The van der Waals surface area contributed by atoms with E-state index in [1.54, 1.807) is 0 Å². The Kier molecular flexibility index (Phi) is 4.55. The number of hydrogen-bond donors (Lipinski definition) is 2. The summed E-state index contributed by atoms with van der Waals surface area (Å²) in [6.07, 6.45) is 4.08. The minimum Gasteiger partial charge on any atom is -0.345 e. The van der Waals surface area contributed by atoms with Gasteiger partial charge in [0.1, 0.15) is 22.7 Å². The standard InChI is InChI=1S/C19H12F2N4O3S/c20-14-5-1-2-7-16(14)29(27,28)25-15-6-3-4-11(17(15)21)18(26)12-9-23-19-13(12)8-22-10-24-19/h1-10,25H,(H,22,23,24). The summed E-state index contributed by atoms with van der Waals surface area (Å²) in [4.78, 5) is 22.8. The van der Waals surface area contributed by atoms with Gasteiger partial charge in [0.05, 0.1) is 16.8 Å². The summed E-state index contributed by atoms with van der Waals surface area (Å²) in [5, 5.41) is 0.397. The van der Waals surface area contributed by atoms with Crippen LogP contribution in [0.3, 0.4) is 0 Å². The number of sulfonamides is 1. The maximum Gasteiger partial charge on any atom is 0.264 e. The minimum atomic E-state index is -4.40. The molecule has 0 unspecified atom stereocenters. The van der Waals surface area contributed by atoms with Gasteiger partial charge in [-0.15, -0.1) is 0 Å². The summed E-state index contributed by atoms with van der Waals surface area (Å²) in [5.74, 6) is -2.74. The number of carbonyl (C=O) groups excluding carboxylic acids is 1. The lowest BCUT2D eigenvalue weighted by molar-refractivity contribution is 0.103. The van der Waals surface area contributed by atoms with Crippen molar-refractivity contribution >= 4 is 32.5 Å². The van der Waals surface area contributed by atoms with Crippen LogP contribution in [0.25, 0.3) is 11.0 Å². The molecule has 2 heterocycles. The largest absolute Gasteiger partial charge is 0.345 e. The van der Waals surface area contributed by atoms with E-state index in [1.165, 1.54) is 43.0 Å². The Morgan fingerprint density at radius 1 is 1.03 bits per heavy atom. The molecule has 0 atom stereocenters. The van der Waals surface area contributed by atoms with Crippen molar-refractivity contribution in [2.24, 2.45) is 0 Å². The van der Waals surface area contributed by atoms with Crippen LogP contribution < -0.4 is 4.72 Å². The van der Waals surface area contributed by atoms with E-state index < -0.39 is 38.0 Å². The molecule has 0 aliphatic heterocycles. The molecule has 0 aliphatic rings. The Morgan fingerprint density at radius 3 is 2.62 bits per heavy atom. The third kappa shape index (κ3) is 3.34. The molecule has 0 saturated carbocycles. The predicted octanol–water partition coefficient (Wildman–Crippen LogP) is 3.27. The second-order valence-electron chi connectivity index (χ2n) is 6.02. The summed E-state index contributed by atoms with van der Waals surface area (Å²) in [7, 11) is -4.40. The lowest BCUT2D eigenvalue weighted by Crippen LogP contribution is -2.16. The summed E-state index contributed by atoms with van der Waals surface area (Å²) in [5.41, 5.74) is -0.299. The van der Waals surface area contributed by atoms with E-state index in [4.69, 9.17) is 0 Å². The van der Waals surface area contributed by atoms with Crippen LogP contribution in [-0.4, -0.2) is 29.2 Å². The number of H-pyrrole nitrogens is 1. The van der Waals surface area contributed by atoms with Crippen LogP contribution in [0.15, 0.2) is 66.1 Å². The van der Waals surface area contributed by atoms with Gasteiger partial charge in [0.15, 0.2) is 11.6 Å². The van der Waals surface area contributed by atoms with Crippen molar-refractivity contribution in [3.8, 4) is 0 Å². The Morgan fingerprint density at radius 2 is 1.83 bits per heavy atom. The third-order valence-electron chi connectivity index (χ3n) is 4.21. The number of rotatable bonds is 5. The molecule has 2 aromatic heterocycles. The van der Waals surface area contributed by atoms with E-state index in [0.717, 1.165) is 18.2 Å². The van der Waals surface area contributed by atoms with Gasteiger partial charge in [-0.25, -0.2) is 27.2 Å². The highest BCUT2D eigenvalue weighted by atomic mass is 32.2. The highest BCUT2D eigenvalue weighted by Crippen LogP contribution is 2.26. The van der Waals surface area contributed by atoms with Gasteiger partial charge in [0.2, 0.25) is 0 Å². The third-order valence-corrected chi connectivity index (χ3v) is 5.61. The Bertz CT molecular complexity index is 1350. The first kappa shape index (κ1) is 18.7. The van der Waals surface area contributed by atoms with Crippen molar-refractivity contribution in [1.82, 2.24) is 15.0 Å². The van der Waals surface area contributed by atoms with E-state index in [9.17, 15) is 22.0 Å². The van der Waals surface area contributed by atoms with Gasteiger partial charge in [-0.1, -0.05) is 18.2 Å². The number of benzene rings is 2. The molecule has 10 heteroatoms. The minimum absolute atomic E-state index is 0.133. The van der Waals surface area contributed by atoms with Crippen LogP contribution in [0, 0.1) is 11.6 Å². The number of carbonyl (C=O) groups is 1. The molecular formula is C19H12F2N4O3S. The lowest BCUT2D eigenvalue weighted by Gasteiger charge is -2.11. The molecule has 2 aromatic carbocycles. The fourth-order valence-electron chi connectivity index (χ4n) is 2.84. The zero-order valence-corrected chi connectivity index (χ0v) is 15.4. The highest BCUT2D eigenvalue weighted by molar-refractivity contribution is 7.92. The summed E-state index contributed by atoms with van der Waals surface area (Å²) >= 11 is 0. The van der Waals surface area contributed by atoms with Crippen molar-refractivity contribution in [1.29, 1.82) is 0 Å². The zero-order chi connectivity index (χ0) is 20.6. The number of fused-ring (bicyclic) bond motifs is 1. The van der Waals surface area contributed by atoms with Crippen LogP contribution in [0.5, 0.6) is 0 Å². The maximum atomic E-state index is 15.0. The summed E-state index contributed by atoms with van der Waals surface area (Å²) in [6.45, 7) is 0. The number of nitrogens with zero attached hydrogens (tertiary/aromatic N) is 2. The fourth-order valence-corrected chi connectivity index (χ4v) is 3.98. The van der Waals surface area contributed by atoms with E-state index in [2.05, 4.69) is 15.0 Å². The lowest BCUT2D eigenvalue weighted by atomic mass is 10.0. The van der Waals surface area contributed by atoms with Gasteiger partial charge in [-0.2, -0.15) is 0 Å². The first-order valence-electron chi connectivity index (χ1n) is 8.26. The Labute approximate surface area is 163 Å². The molecule has 4 rings (SSSR count). The molecule has 146 valence electrons. The normalized spacial score (nSPS) is 11.5. The van der Waals surface area contributed by atoms with Crippen molar-refractivity contribution in [3.05, 3.63) is 83.9 Å². The van der Waals surface area contributed by atoms with Crippen molar-refractivity contribution in [2.45, 2.75) is 4.90 Å². The number of nitrogens with one attached hydrogen (secondary N) is 2. The van der Waals surface area contributed by atoms with E-state index in [-0.39, 0.29) is 11.1 Å². The molecule has 0 spiro atoms. The van der Waals surface area contributed by atoms with E-state index in [1.807, 2.05) is 4.72 Å². The first-order valence-corrected chi connectivity index (χ1v) is 9.74. The van der Waals surface area contributed by atoms with E-state index >= 15 is 0 Å². The number of hydrogen-bond acceptors (Lipinski definition) is 5. The van der Waals surface area contributed by atoms with Gasteiger partial charge in [-0.05, 0) is 24.3 Å². The summed E-state index contributed by atoms with van der Waals surface area (Å²) < 4.78 is 55.7. The highest BCUT2D eigenvalue weighted by Gasteiger charge is 2.24. The number of halogens is 2. The molecule has 2 N–H and O–H groups in total. The maximum absolute atomic E-state index is 15.0. The number of aromatic amines is 1. The molecule has 0 aliphatic carbocycles. The Hall–Kier alpha value is -3.66. The monoisotopic (exact) mass is 414 g/mol. The number of aromatic nitrogens is 3. The van der Waals surface area contributed by atoms with Crippen molar-refractivity contribution in [3.63, 3.8) is 0 Å². The molecule has 0 fully saturated rings. The SMILES string of the molecule is O=C(c1cccc(NS(=O)(=O)c2ccccc2F)c1F)c1c[nH]c2ncncc12. The fraction of sp³-hybridized carbons (Fsp3) is 0. The predicted molar refractivity (Wildman–Crippen MR) is 101 cm³/mol. The van der Waals surface area contributed by atoms with Crippen molar-refractivity contribution < 1.29 is 22.0 Å². The topological polar surface area (TPSA) is 105 Å². The van der Waals surface area contributed by atoms with Gasteiger partial charge in [-0.3, -0.25) is 9.52 Å². The molecule has 0 bridgehead atoms. The molecule has 0 amide bonds. The van der Waals surface area contributed by atoms with Gasteiger partial charge in [0.25, 0.3) is 10.0 Å². The first-order chi connectivity index (χ1) is 13.9. The molecular weight excluding hydrogens is 402 g/mol. The van der Waals surface area contributed by atoms with Crippen LogP contribution >= 0.6 is 0 Å². The second kappa shape index (κ2) is 7.06. The number of anilines is 1. The molecule has 7 nitrogen and oxygen atoms in total. The van der Waals surface area contributed by atoms with Crippen LogP contribution in [-0.2, 0) is 10.0 Å². The van der Waals surface area contributed by atoms with Gasteiger partial charge in [0, 0.05) is 17.8 Å². The molecule has 0 radical (unpaired) electrons. The van der Waals surface area contributed by atoms with Gasteiger partial charge < -0.3 is 4.98 Å². The van der Waals surface area contributed by atoms with Crippen LogP contribution in [0.2, 0.25) is 0 Å². The van der Waals surface area contributed by atoms with Crippen molar-refractivity contribution in [2.75, 3.05) is 4.72 Å². The smallest absolute Gasteiger partial charge is 0.264 e. The molecule has 0 saturated heterocycles. The average molecular weight is 414 g/mol. The average Bonchev–Trinajstić information content (AvgIpc) is 3.13. The van der Waals surface area contributed by atoms with Crippen LogP contribution in [0.1, 0.15) is 15.9 Å². The summed E-state index contributed by atoms with van der Waals surface area (Å²) in [6, 6.07) is 8.39. The van der Waals surface area contributed by atoms with E-state index in [0.29, 0.717) is 11.0 Å². The van der Waals surface area contributed by atoms with Crippen LogP contribution in [0.4, 0.5) is 14.5 Å². The molecule has 4 aromatic rings. The quantitative estimate of drug-likeness (QED) is 0.488. The van der Waals surface area contributed by atoms with Gasteiger partial charge >= 0.3 is 0 Å². The number of ketones is 1.